The summed E-state index contributed by atoms with van der Waals surface area (Å²) >= 11 is 0. The van der Waals surface area contributed by atoms with Gasteiger partial charge in [0.05, 0.1) is 5.52 Å². The molecule has 0 spiro atoms. The fraction of sp³-hybridized carbons (Fsp3) is 0. The molecule has 0 aliphatic heterocycles. The fourth-order valence-electron chi connectivity index (χ4n) is 2.73. The summed E-state index contributed by atoms with van der Waals surface area (Å²) in [6.07, 6.45) is 1.29. The van der Waals surface area contributed by atoms with Gasteiger partial charge in [-0.1, -0.05) is 30.3 Å². The predicted octanol–water partition coefficient (Wildman–Crippen LogP) is 3.63. The van der Waals surface area contributed by atoms with E-state index in [9.17, 15) is 9.90 Å². The van der Waals surface area contributed by atoms with Gasteiger partial charge in [-0.15, -0.1) is 0 Å². The van der Waals surface area contributed by atoms with Crippen molar-refractivity contribution in [3.8, 4) is 0 Å². The quantitative estimate of drug-likeness (QED) is 0.425. The average molecular weight is 274 g/mol. The van der Waals surface area contributed by atoms with Gasteiger partial charge in [-0.25, -0.2) is 14.8 Å². The van der Waals surface area contributed by atoms with Gasteiger partial charge in [-0.3, -0.25) is 0 Å². The normalized spacial score (nSPS) is 11.2. The van der Waals surface area contributed by atoms with E-state index in [1.165, 1.54) is 6.33 Å². The third-order valence-corrected chi connectivity index (χ3v) is 3.69. The number of aromatic carboxylic acids is 1. The second-order valence-corrected chi connectivity index (χ2v) is 4.91. The van der Waals surface area contributed by atoms with E-state index in [0.29, 0.717) is 10.9 Å². The average Bonchev–Trinajstić information content (AvgIpc) is 2.52. The Morgan fingerprint density at radius 2 is 1.67 bits per heavy atom. The highest BCUT2D eigenvalue weighted by Gasteiger charge is 2.14. The van der Waals surface area contributed by atoms with Gasteiger partial charge in [0, 0.05) is 5.39 Å². The van der Waals surface area contributed by atoms with E-state index < -0.39 is 5.97 Å². The summed E-state index contributed by atoms with van der Waals surface area (Å²) < 4.78 is 0. The van der Waals surface area contributed by atoms with Crippen molar-refractivity contribution in [1.29, 1.82) is 0 Å². The van der Waals surface area contributed by atoms with Crippen molar-refractivity contribution < 1.29 is 9.90 Å². The molecule has 1 aromatic heterocycles. The first-order valence-electron chi connectivity index (χ1n) is 6.53. The number of nitrogens with zero attached hydrogens (tertiary/aromatic N) is 2. The van der Waals surface area contributed by atoms with Crippen LogP contribution in [0.2, 0.25) is 0 Å². The number of carboxylic acids is 1. The molecule has 0 unspecified atom stereocenters. The molecule has 0 saturated heterocycles. The molecule has 3 aromatic carbocycles. The van der Waals surface area contributed by atoms with Crippen LogP contribution >= 0.6 is 0 Å². The van der Waals surface area contributed by atoms with Crippen LogP contribution in [0.1, 0.15) is 10.5 Å². The number of carbonyl (C=O) groups is 1. The predicted molar refractivity (Wildman–Crippen MR) is 81.5 cm³/mol. The van der Waals surface area contributed by atoms with E-state index in [0.717, 1.165) is 21.5 Å². The number of fused-ring (bicyclic) bond motifs is 4. The largest absolute Gasteiger partial charge is 0.476 e. The standard InChI is InChI=1S/C17H10N2O2/c20-17(21)16-15-13-8-11-4-2-1-3-10(11)7-12(13)5-6-14(15)18-9-19-16/h1-9H,(H,20,21). The number of carboxylic acid groups (broad SMARTS) is 1. The topological polar surface area (TPSA) is 63.1 Å². The van der Waals surface area contributed by atoms with Crippen molar-refractivity contribution in [2.24, 2.45) is 0 Å². The Hall–Kier alpha value is -3.01. The SMILES string of the molecule is O=C(O)c1ncnc2ccc3cc4ccccc4cc3c12. The van der Waals surface area contributed by atoms with Gasteiger partial charge < -0.3 is 5.11 Å². The molecule has 0 radical (unpaired) electrons. The second-order valence-electron chi connectivity index (χ2n) is 4.91. The molecule has 0 atom stereocenters. The molecule has 1 N–H and O–H groups in total. The molecule has 4 rings (SSSR count). The lowest BCUT2D eigenvalue weighted by Gasteiger charge is -2.07. The molecule has 21 heavy (non-hydrogen) atoms. The number of benzene rings is 3. The van der Waals surface area contributed by atoms with Crippen molar-refractivity contribution in [2.75, 3.05) is 0 Å². The van der Waals surface area contributed by atoms with Gasteiger partial charge in [-0.2, -0.15) is 0 Å². The van der Waals surface area contributed by atoms with Gasteiger partial charge in [0.2, 0.25) is 0 Å². The van der Waals surface area contributed by atoms with Gasteiger partial charge in [0.1, 0.15) is 6.33 Å². The summed E-state index contributed by atoms with van der Waals surface area (Å²) in [6, 6.07) is 15.9. The number of hydrogen-bond acceptors (Lipinski definition) is 3. The zero-order chi connectivity index (χ0) is 14.4. The molecule has 0 fully saturated rings. The third kappa shape index (κ3) is 1.73. The molecule has 1 heterocycles. The number of rotatable bonds is 1. The number of hydrogen-bond donors (Lipinski definition) is 1. The zero-order valence-corrected chi connectivity index (χ0v) is 10.9. The fourth-order valence-corrected chi connectivity index (χ4v) is 2.73. The van der Waals surface area contributed by atoms with Gasteiger partial charge in [0.15, 0.2) is 5.69 Å². The molecular weight excluding hydrogens is 264 g/mol. The summed E-state index contributed by atoms with van der Waals surface area (Å²) in [5, 5.41) is 14.0. The smallest absolute Gasteiger partial charge is 0.355 e. The molecular formula is C17H10N2O2. The molecule has 4 heteroatoms. The van der Waals surface area contributed by atoms with E-state index in [1.807, 2.05) is 42.5 Å². The van der Waals surface area contributed by atoms with Crippen molar-refractivity contribution in [3.63, 3.8) is 0 Å². The van der Waals surface area contributed by atoms with Crippen LogP contribution in [0.3, 0.4) is 0 Å². The van der Waals surface area contributed by atoms with Crippen LogP contribution in [-0.4, -0.2) is 21.0 Å². The first-order valence-corrected chi connectivity index (χ1v) is 6.53. The lowest BCUT2D eigenvalue weighted by Crippen LogP contribution is -2.02. The minimum absolute atomic E-state index is 0.0425. The molecule has 0 bridgehead atoms. The summed E-state index contributed by atoms with van der Waals surface area (Å²) in [7, 11) is 0. The first kappa shape index (κ1) is 11.8. The second kappa shape index (κ2) is 4.24. The van der Waals surface area contributed by atoms with Crippen molar-refractivity contribution in [3.05, 3.63) is 60.6 Å². The molecule has 0 aliphatic carbocycles. The Labute approximate surface area is 119 Å². The van der Waals surface area contributed by atoms with Crippen LogP contribution in [0.4, 0.5) is 0 Å². The molecule has 0 amide bonds. The maximum atomic E-state index is 11.4. The van der Waals surface area contributed by atoms with Gasteiger partial charge in [-0.05, 0) is 39.7 Å². The highest BCUT2D eigenvalue weighted by Crippen LogP contribution is 2.30. The highest BCUT2D eigenvalue weighted by molar-refractivity contribution is 6.16. The van der Waals surface area contributed by atoms with Crippen LogP contribution in [0.25, 0.3) is 32.4 Å². The summed E-state index contributed by atoms with van der Waals surface area (Å²) in [5.74, 6) is -1.04. The summed E-state index contributed by atoms with van der Waals surface area (Å²) in [6.45, 7) is 0. The maximum Gasteiger partial charge on any atom is 0.355 e. The van der Waals surface area contributed by atoms with Crippen molar-refractivity contribution in [2.45, 2.75) is 0 Å². The zero-order valence-electron chi connectivity index (χ0n) is 10.9. The monoisotopic (exact) mass is 274 g/mol. The van der Waals surface area contributed by atoms with E-state index in [2.05, 4.69) is 16.0 Å². The lowest BCUT2D eigenvalue weighted by molar-refractivity contribution is 0.0693. The first-order chi connectivity index (χ1) is 10.2. The van der Waals surface area contributed by atoms with E-state index >= 15 is 0 Å². The molecule has 0 aliphatic rings. The Bertz CT molecular complexity index is 1020. The van der Waals surface area contributed by atoms with Gasteiger partial charge in [0.25, 0.3) is 0 Å². The minimum Gasteiger partial charge on any atom is -0.476 e. The van der Waals surface area contributed by atoms with Crippen molar-refractivity contribution in [1.82, 2.24) is 9.97 Å². The Morgan fingerprint density at radius 3 is 2.43 bits per heavy atom. The Morgan fingerprint density at radius 1 is 0.905 bits per heavy atom. The molecule has 4 aromatic rings. The van der Waals surface area contributed by atoms with Crippen LogP contribution in [0, 0.1) is 0 Å². The molecule has 4 nitrogen and oxygen atoms in total. The Balaban J connectivity index is 2.26. The number of aromatic nitrogens is 2. The van der Waals surface area contributed by atoms with E-state index in [1.54, 1.807) is 0 Å². The maximum absolute atomic E-state index is 11.4. The van der Waals surface area contributed by atoms with Gasteiger partial charge >= 0.3 is 5.97 Å². The van der Waals surface area contributed by atoms with E-state index in [-0.39, 0.29) is 5.69 Å². The van der Waals surface area contributed by atoms with Crippen molar-refractivity contribution >= 4 is 38.4 Å². The lowest BCUT2D eigenvalue weighted by atomic mass is 9.99. The molecule has 100 valence electrons. The summed E-state index contributed by atoms with van der Waals surface area (Å²) in [5.41, 5.74) is 0.686. The third-order valence-electron chi connectivity index (χ3n) is 3.69. The van der Waals surface area contributed by atoms with Crippen LogP contribution in [0.5, 0.6) is 0 Å². The van der Waals surface area contributed by atoms with Crippen LogP contribution in [-0.2, 0) is 0 Å². The summed E-state index contributed by atoms with van der Waals surface area (Å²) in [4.78, 5) is 19.5. The molecule has 0 saturated carbocycles. The van der Waals surface area contributed by atoms with E-state index in [4.69, 9.17) is 0 Å². The minimum atomic E-state index is -1.04. The Kier molecular flexibility index (Phi) is 2.38. The van der Waals surface area contributed by atoms with Crippen LogP contribution in [0.15, 0.2) is 54.9 Å². The highest BCUT2D eigenvalue weighted by atomic mass is 16.4. The van der Waals surface area contributed by atoms with Crippen LogP contribution < -0.4 is 0 Å².